The molecule has 21 heavy (non-hydrogen) atoms. The highest BCUT2D eigenvalue weighted by Gasteiger charge is 2.26. The number of nitrogens with zero attached hydrogens (tertiary/aromatic N) is 1. The molecule has 0 aliphatic rings. The summed E-state index contributed by atoms with van der Waals surface area (Å²) in [6.45, 7) is 4.89. The average Bonchev–Trinajstić information content (AvgIpc) is 2.48. The summed E-state index contributed by atoms with van der Waals surface area (Å²) in [4.78, 5) is 15.9. The maximum atomic E-state index is 11.7. The molecule has 0 unspecified atom stereocenters. The Balaban J connectivity index is 2.49. The van der Waals surface area contributed by atoms with E-state index in [1.54, 1.807) is 14.1 Å². The van der Waals surface area contributed by atoms with Gasteiger partial charge < -0.3 is 16.0 Å². The Bertz CT molecular complexity index is 497. The minimum absolute atomic E-state index is 0.0110. The fraction of sp³-hybridized carbons (Fsp3) is 0.467. The highest BCUT2D eigenvalue weighted by Crippen LogP contribution is 2.13. The van der Waals surface area contributed by atoms with Crippen LogP contribution in [-0.4, -0.2) is 32.5 Å². The Morgan fingerprint density at radius 1 is 1.24 bits per heavy atom. The second kappa shape index (κ2) is 7.88. The van der Waals surface area contributed by atoms with Crippen LogP contribution in [0, 0.1) is 5.41 Å². The predicted octanol–water partition coefficient (Wildman–Crippen LogP) is 1.78. The number of aliphatic imine (C=N–C) groups is 1. The van der Waals surface area contributed by atoms with Crippen molar-refractivity contribution in [1.82, 2.24) is 16.0 Å². The monoisotopic (exact) mass is 310 g/mol. The van der Waals surface area contributed by atoms with Crippen molar-refractivity contribution in [2.45, 2.75) is 20.4 Å². The van der Waals surface area contributed by atoms with E-state index in [1.807, 2.05) is 38.1 Å². The summed E-state index contributed by atoms with van der Waals surface area (Å²) in [5, 5.41) is 9.73. The molecule has 116 valence electrons. The van der Waals surface area contributed by atoms with Gasteiger partial charge in [-0.2, -0.15) is 0 Å². The second-order valence-electron chi connectivity index (χ2n) is 5.37. The summed E-state index contributed by atoms with van der Waals surface area (Å²) in [5.74, 6) is 0.644. The number of nitrogens with one attached hydrogen (secondary N) is 3. The lowest BCUT2D eigenvalue weighted by Crippen LogP contribution is -2.47. The van der Waals surface area contributed by atoms with E-state index in [4.69, 9.17) is 11.6 Å². The van der Waals surface area contributed by atoms with E-state index in [0.29, 0.717) is 24.1 Å². The van der Waals surface area contributed by atoms with Crippen LogP contribution in [0.1, 0.15) is 19.4 Å². The molecule has 1 rings (SSSR count). The van der Waals surface area contributed by atoms with Crippen molar-refractivity contribution in [2.75, 3.05) is 20.6 Å². The van der Waals surface area contributed by atoms with Gasteiger partial charge in [0, 0.05) is 32.2 Å². The summed E-state index contributed by atoms with van der Waals surface area (Å²) in [6, 6.07) is 7.61. The van der Waals surface area contributed by atoms with E-state index in [2.05, 4.69) is 20.9 Å². The Morgan fingerprint density at radius 3 is 2.38 bits per heavy atom. The van der Waals surface area contributed by atoms with Crippen molar-refractivity contribution in [3.8, 4) is 0 Å². The topological polar surface area (TPSA) is 65.5 Å². The fourth-order valence-electron chi connectivity index (χ4n) is 1.73. The maximum absolute atomic E-state index is 11.7. The molecule has 0 saturated heterocycles. The molecule has 0 aliphatic carbocycles. The van der Waals surface area contributed by atoms with Gasteiger partial charge in [-0.05, 0) is 31.5 Å². The smallest absolute Gasteiger partial charge is 0.227 e. The molecule has 0 bridgehead atoms. The van der Waals surface area contributed by atoms with Crippen molar-refractivity contribution in [3.63, 3.8) is 0 Å². The first kappa shape index (κ1) is 17.3. The van der Waals surface area contributed by atoms with Crippen molar-refractivity contribution in [3.05, 3.63) is 34.9 Å². The van der Waals surface area contributed by atoms with Gasteiger partial charge in [0.1, 0.15) is 0 Å². The zero-order chi connectivity index (χ0) is 15.9. The van der Waals surface area contributed by atoms with Crippen molar-refractivity contribution < 1.29 is 4.79 Å². The molecule has 0 radical (unpaired) electrons. The molecule has 0 heterocycles. The van der Waals surface area contributed by atoms with E-state index in [-0.39, 0.29) is 5.91 Å². The average molecular weight is 311 g/mol. The molecule has 0 spiro atoms. The number of amides is 1. The molecule has 6 heteroatoms. The number of halogens is 1. The van der Waals surface area contributed by atoms with E-state index >= 15 is 0 Å². The largest absolute Gasteiger partial charge is 0.359 e. The third-order valence-electron chi connectivity index (χ3n) is 3.14. The molecule has 3 N–H and O–H groups in total. The van der Waals surface area contributed by atoms with E-state index in [1.165, 1.54) is 0 Å². The van der Waals surface area contributed by atoms with Gasteiger partial charge in [0.25, 0.3) is 0 Å². The third-order valence-corrected chi connectivity index (χ3v) is 3.39. The number of hydrogen-bond acceptors (Lipinski definition) is 2. The highest BCUT2D eigenvalue weighted by molar-refractivity contribution is 6.30. The van der Waals surface area contributed by atoms with Crippen LogP contribution < -0.4 is 16.0 Å². The van der Waals surface area contributed by atoms with Gasteiger partial charge >= 0.3 is 0 Å². The highest BCUT2D eigenvalue weighted by atomic mass is 35.5. The van der Waals surface area contributed by atoms with Gasteiger partial charge in [0.05, 0.1) is 5.41 Å². The van der Waals surface area contributed by atoms with Crippen LogP contribution in [0.3, 0.4) is 0 Å². The summed E-state index contributed by atoms with van der Waals surface area (Å²) in [6.07, 6.45) is 0. The summed E-state index contributed by atoms with van der Waals surface area (Å²) in [7, 11) is 3.34. The predicted molar refractivity (Wildman–Crippen MR) is 87.5 cm³/mol. The fourth-order valence-corrected chi connectivity index (χ4v) is 1.86. The Morgan fingerprint density at radius 2 is 1.86 bits per heavy atom. The molecule has 0 atom stereocenters. The minimum Gasteiger partial charge on any atom is -0.359 e. The zero-order valence-corrected chi connectivity index (χ0v) is 13.7. The lowest BCUT2D eigenvalue weighted by molar-refractivity contribution is -0.128. The molecular formula is C15H23ClN4O. The summed E-state index contributed by atoms with van der Waals surface area (Å²) < 4.78 is 0. The normalized spacial score (nSPS) is 12.0. The van der Waals surface area contributed by atoms with Gasteiger partial charge in [-0.3, -0.25) is 9.79 Å². The molecule has 0 aromatic heterocycles. The quantitative estimate of drug-likeness (QED) is 0.574. The molecule has 1 aromatic rings. The number of carbonyl (C=O) groups excluding carboxylic acids is 1. The molecule has 1 aromatic carbocycles. The molecule has 0 saturated carbocycles. The lowest BCUT2D eigenvalue weighted by Gasteiger charge is -2.24. The van der Waals surface area contributed by atoms with Crippen LogP contribution in [0.4, 0.5) is 0 Å². The second-order valence-corrected chi connectivity index (χ2v) is 5.81. The summed E-state index contributed by atoms with van der Waals surface area (Å²) in [5.41, 5.74) is 0.597. The van der Waals surface area contributed by atoms with Crippen LogP contribution in [0.15, 0.2) is 29.3 Å². The van der Waals surface area contributed by atoms with E-state index < -0.39 is 5.41 Å². The van der Waals surface area contributed by atoms with Crippen LogP contribution in [0.25, 0.3) is 0 Å². The van der Waals surface area contributed by atoms with Gasteiger partial charge in [0.2, 0.25) is 5.91 Å². The Labute approximate surface area is 131 Å². The Kier molecular flexibility index (Phi) is 6.49. The lowest BCUT2D eigenvalue weighted by atomic mass is 9.92. The molecule has 0 aliphatic heterocycles. The number of benzene rings is 1. The molecule has 1 amide bonds. The molecule has 0 fully saturated rings. The van der Waals surface area contributed by atoms with Crippen LogP contribution in [0.5, 0.6) is 0 Å². The maximum Gasteiger partial charge on any atom is 0.227 e. The van der Waals surface area contributed by atoms with Crippen LogP contribution in [0.2, 0.25) is 5.02 Å². The number of rotatable bonds is 5. The van der Waals surface area contributed by atoms with Crippen molar-refractivity contribution >= 4 is 23.5 Å². The molecule has 5 nitrogen and oxygen atoms in total. The number of hydrogen-bond donors (Lipinski definition) is 3. The standard InChI is InChI=1S/C15H23ClN4O/c1-15(2,13(21)17-3)10-20-14(18-4)19-9-11-5-7-12(16)8-6-11/h5-8H,9-10H2,1-4H3,(H,17,21)(H2,18,19,20). The third kappa shape index (κ3) is 5.63. The number of guanidine groups is 1. The van der Waals surface area contributed by atoms with Crippen molar-refractivity contribution in [2.24, 2.45) is 10.4 Å². The molecular weight excluding hydrogens is 288 g/mol. The first-order valence-electron chi connectivity index (χ1n) is 6.80. The van der Waals surface area contributed by atoms with Gasteiger partial charge in [0.15, 0.2) is 5.96 Å². The van der Waals surface area contributed by atoms with Crippen LogP contribution >= 0.6 is 11.6 Å². The van der Waals surface area contributed by atoms with E-state index in [9.17, 15) is 4.79 Å². The summed E-state index contributed by atoms with van der Waals surface area (Å²) >= 11 is 5.85. The first-order chi connectivity index (χ1) is 9.89. The number of carbonyl (C=O) groups is 1. The van der Waals surface area contributed by atoms with E-state index in [0.717, 1.165) is 5.56 Å². The van der Waals surface area contributed by atoms with Crippen LogP contribution in [-0.2, 0) is 11.3 Å². The van der Waals surface area contributed by atoms with Crippen molar-refractivity contribution in [1.29, 1.82) is 0 Å². The minimum atomic E-state index is -0.507. The Hall–Kier alpha value is -1.75. The SMILES string of the molecule is CN=C(NCc1ccc(Cl)cc1)NCC(C)(C)C(=O)NC. The van der Waals surface area contributed by atoms with Gasteiger partial charge in [-0.1, -0.05) is 23.7 Å². The van der Waals surface area contributed by atoms with Gasteiger partial charge in [-0.25, -0.2) is 0 Å². The first-order valence-corrected chi connectivity index (χ1v) is 7.18. The van der Waals surface area contributed by atoms with Gasteiger partial charge in [-0.15, -0.1) is 0 Å². The zero-order valence-electron chi connectivity index (χ0n) is 13.0.